The summed E-state index contributed by atoms with van der Waals surface area (Å²) in [5.41, 5.74) is 34.4. The number of nitrogens with two attached hydrogens (primary N) is 7. The minimum absolute atomic E-state index is 0.0114. The number of aromatic carboxylic acids is 4. The maximum Gasteiger partial charge on any atom is 0.358 e. The van der Waals surface area contributed by atoms with Gasteiger partial charge in [-0.15, -0.1) is 12.8 Å². The van der Waals surface area contributed by atoms with Crippen LogP contribution in [0.3, 0.4) is 0 Å². The number of terminal acetylenes is 2. The number of pyridine rings is 6. The van der Waals surface area contributed by atoms with Gasteiger partial charge in [-0.25, -0.2) is 117 Å². The number of carbonyl (C=O) groups excluding carboxylic acids is 3. The van der Waals surface area contributed by atoms with Crippen LogP contribution in [0.5, 0.6) is 5.75 Å². The smallest absolute Gasteiger partial charge is 0.358 e. The third kappa shape index (κ3) is 27.0. The molecule has 0 fully saturated rings. The second-order valence-corrected chi connectivity index (χ2v) is 34.6. The number of hydrogen-bond acceptors (Lipinski definition) is 26. The maximum absolute atomic E-state index is 14.2. The molecule has 7 aromatic heterocycles. The Morgan fingerprint density at radius 1 is 0.350 bits per heavy atom. The van der Waals surface area contributed by atoms with Crippen LogP contribution in [0.1, 0.15) is 84.5 Å². The highest BCUT2D eigenvalue weighted by atomic mass is 127. The zero-order chi connectivity index (χ0) is 107. The second-order valence-electron chi connectivity index (χ2n) is 27.2. The lowest BCUT2D eigenvalue weighted by atomic mass is 10.1. The number of carboxylic acids is 4. The predicted octanol–water partition coefficient (Wildman–Crippen LogP) is 23.5. The van der Waals surface area contributed by atoms with Gasteiger partial charge in [0.05, 0.1) is 129 Å². The van der Waals surface area contributed by atoms with Crippen LogP contribution in [0.2, 0.25) is 35.2 Å². The molecule has 0 atom stereocenters. The Kier molecular flexibility index (Phi) is 40.3. The van der Waals surface area contributed by atoms with Gasteiger partial charge < -0.3 is 79.5 Å². The van der Waals surface area contributed by atoms with Crippen molar-refractivity contribution in [3.63, 3.8) is 0 Å². The molecule has 0 aliphatic rings. The molecule has 738 valence electrons. The number of aromatic nitrogens is 8. The number of hydrogen-bond donors (Lipinski definition) is 11. The van der Waals surface area contributed by atoms with E-state index in [4.69, 9.17) is 159 Å². The van der Waals surface area contributed by atoms with E-state index in [2.05, 4.69) is 146 Å². The predicted molar refractivity (Wildman–Crippen MR) is 539 cm³/mol. The summed E-state index contributed by atoms with van der Waals surface area (Å²) >= 11 is 55.0. The molecule has 30 nitrogen and oxygen atoms in total. The molecular formula is C91H55Br4Cl7F10IN15O15. The minimum atomic E-state index is -1.60. The Balaban J connectivity index is 0.000000204. The van der Waals surface area contributed by atoms with Crippen LogP contribution in [0.25, 0.3) is 78.9 Å². The summed E-state index contributed by atoms with van der Waals surface area (Å²) in [4.78, 5) is 109. The van der Waals surface area contributed by atoms with Gasteiger partial charge in [0.15, 0.2) is 92.2 Å². The standard InChI is InChI=1S/C14H6ClF3N2O2.C14H9ClN2O2.C13H9BrCl2N2O2.C13H7BrClF3N2O2.C13H8BrClF2N2O2.C12H9BrFN3O3.C12H7ClFIN2O2/c1-2-5-3-4-6(9(17)8(5)16)12-10(18)11(19)7(15)13(20-12)14(21)22;1-2-8-3-5-9(6-4-8)11-7-10(16)12(15)13(17-11)14(18)19;1-20-13(19)12-9(16)10(17)8(15)11(18-12)6-2-4-7(14)5-3-6;1-22-13(21)12-8(15)10(19)9(18)11(20-12)4-2-7(17)5(14)3-6(4)16;1-21-13(20)12-8(15)10(18)9(17)11(19-12)5-2-3-6(14)7(16)4-5;1-20-9-8(12(18)19)16-11(17-10(9)15)6-3-2-5(13)4-7(6)14;13-7-9(16)8(14)10(17-11(7)12(18)19)5-1-3-6(15)4-2-5/h1,3-4H,(H2,19,20)(H,21,22);1,3-7H,(H2,16,17)(H,18,19);2-5H,1H3,(H2,17,18);2-3H,1H3,(H2,19,20);2-4H,1H3,(H2,18,19);2-4H,1H3,(H,18,19)(H2,15,16,17);1-4H,(H2,16,17)(H,18,19). The fraction of sp³-hybridized carbons (Fsp3) is 0.0440. The first-order valence-corrected chi connectivity index (χ1v) is 44.8. The largest absolute Gasteiger partial charge is 0.491 e. The van der Waals surface area contributed by atoms with Crippen LogP contribution in [-0.4, -0.2) is 131 Å². The number of rotatable bonds is 15. The van der Waals surface area contributed by atoms with Crippen molar-refractivity contribution in [2.75, 3.05) is 68.6 Å². The number of nitrogens with zero attached hydrogens (tertiary/aromatic N) is 8. The third-order valence-corrected chi connectivity index (χ3v) is 24.0. The van der Waals surface area contributed by atoms with Crippen molar-refractivity contribution in [1.82, 2.24) is 39.9 Å². The van der Waals surface area contributed by atoms with Crippen LogP contribution in [0.4, 0.5) is 83.8 Å². The summed E-state index contributed by atoms with van der Waals surface area (Å²) in [7, 11) is 4.67. The van der Waals surface area contributed by atoms with Gasteiger partial charge in [-0.3, -0.25) is 0 Å². The fourth-order valence-corrected chi connectivity index (χ4v) is 14.3. The molecule has 0 aliphatic heterocycles. The van der Waals surface area contributed by atoms with E-state index < -0.39 is 178 Å². The van der Waals surface area contributed by atoms with Crippen molar-refractivity contribution in [2.45, 2.75) is 0 Å². The Bertz CT molecular complexity index is 7560. The molecule has 0 spiro atoms. The fourth-order valence-electron chi connectivity index (χ4n) is 11.3. The van der Waals surface area contributed by atoms with Crippen LogP contribution in [-0.2, 0) is 14.2 Å². The Morgan fingerprint density at radius 2 is 0.741 bits per heavy atom. The van der Waals surface area contributed by atoms with Crippen molar-refractivity contribution in [2.24, 2.45) is 0 Å². The van der Waals surface area contributed by atoms with E-state index in [0.717, 1.165) is 58.2 Å². The summed E-state index contributed by atoms with van der Waals surface area (Å²) in [5.74, 6) is -14.1. The lowest BCUT2D eigenvalue weighted by Gasteiger charge is -2.11. The van der Waals surface area contributed by atoms with Gasteiger partial charge in [-0.2, -0.15) is 0 Å². The molecule has 14 rings (SSSR count). The molecule has 0 aliphatic carbocycles. The van der Waals surface area contributed by atoms with Gasteiger partial charge in [0.25, 0.3) is 0 Å². The van der Waals surface area contributed by atoms with Gasteiger partial charge in [0.2, 0.25) is 0 Å². The van der Waals surface area contributed by atoms with E-state index >= 15 is 0 Å². The SMILES string of the molecule is C#Cc1ccc(-c2cc(N)c(Cl)c(C(=O)O)n2)cc1.C#Cc1ccc(-c2nc(C(=O)O)c(Cl)c(N)c2F)c(F)c1F.COC(=O)c1nc(-c2cc(F)c(Br)cc2F)c(F)c(N)c1Cl.COC(=O)c1nc(-c2ccc(Br)c(F)c2)c(F)c(N)c1Cl.COC(=O)c1nc(-c2ccc(Br)cc2)c(Cl)c(N)c1Cl.COc1c(N)nc(-c2ccc(Br)cc2F)nc1C(=O)O.Nc1c(F)c(-c2ccc(I)cc2)nc(C(=O)O)c1Cl. The van der Waals surface area contributed by atoms with E-state index in [1.54, 1.807) is 66.7 Å². The summed E-state index contributed by atoms with van der Waals surface area (Å²) < 4.78 is 160. The van der Waals surface area contributed by atoms with E-state index in [9.17, 15) is 77.5 Å². The summed E-state index contributed by atoms with van der Waals surface area (Å²) in [6, 6.07) is 34.1. The monoisotopic (exact) mass is 2470 g/mol. The lowest BCUT2D eigenvalue weighted by molar-refractivity contribution is 0.0585. The normalized spacial score (nSPS) is 10.4. The highest BCUT2D eigenvalue weighted by molar-refractivity contribution is 14.1. The molecule has 7 heterocycles. The average Bonchev–Trinajstić information content (AvgIpc) is 0.779. The first-order chi connectivity index (χ1) is 67.2. The van der Waals surface area contributed by atoms with Crippen LogP contribution >= 0.6 is 168 Å². The van der Waals surface area contributed by atoms with E-state index in [0.29, 0.717) is 32.6 Å². The van der Waals surface area contributed by atoms with Gasteiger partial charge in [-0.05, 0) is 152 Å². The number of nitrogen functional groups attached to an aromatic ring is 7. The zero-order valence-electron chi connectivity index (χ0n) is 71.6. The van der Waals surface area contributed by atoms with Crippen molar-refractivity contribution >= 4 is 249 Å². The van der Waals surface area contributed by atoms with Crippen molar-refractivity contribution in [3.05, 3.63) is 305 Å². The van der Waals surface area contributed by atoms with E-state index in [1.165, 1.54) is 44.6 Å². The minimum Gasteiger partial charge on any atom is -0.491 e. The molecule has 143 heavy (non-hydrogen) atoms. The number of anilines is 7. The molecule has 0 unspecified atom stereocenters. The Labute approximate surface area is 881 Å². The number of carboxylic acid groups (broad SMARTS) is 4. The first kappa shape index (κ1) is 115. The highest BCUT2D eigenvalue weighted by Gasteiger charge is 2.32. The molecule has 0 amide bonds. The number of ether oxygens (including phenoxy) is 4. The topological polar surface area (TPSA) is 523 Å². The quantitative estimate of drug-likeness (QED) is 0.0113. The number of carbonyl (C=O) groups is 7. The summed E-state index contributed by atoms with van der Waals surface area (Å²) in [5, 5.41) is 34.3. The molecule has 14 aromatic rings. The summed E-state index contributed by atoms with van der Waals surface area (Å²) in [6.45, 7) is 0. The third-order valence-electron chi connectivity index (χ3n) is 18.3. The zero-order valence-corrected chi connectivity index (χ0v) is 85.4. The molecule has 0 radical (unpaired) electrons. The maximum atomic E-state index is 14.2. The number of methoxy groups -OCH3 is 4. The van der Waals surface area contributed by atoms with Crippen LogP contribution in [0.15, 0.2) is 157 Å². The van der Waals surface area contributed by atoms with Crippen LogP contribution < -0.4 is 44.9 Å². The Hall–Kier alpha value is -13.7. The highest BCUT2D eigenvalue weighted by Crippen LogP contribution is 2.43. The number of halogens is 22. The van der Waals surface area contributed by atoms with Crippen molar-refractivity contribution < 1.29 is 117 Å². The van der Waals surface area contributed by atoms with Crippen molar-refractivity contribution in [1.29, 1.82) is 0 Å². The van der Waals surface area contributed by atoms with Gasteiger partial charge in [0, 0.05) is 51.5 Å². The van der Waals surface area contributed by atoms with Gasteiger partial charge in [-0.1, -0.05) is 167 Å². The Morgan fingerprint density at radius 3 is 1.21 bits per heavy atom. The molecule has 0 saturated carbocycles. The molecular weight excluding hydrogens is 2430 g/mol. The van der Waals surface area contributed by atoms with Gasteiger partial charge >= 0.3 is 41.8 Å². The molecule has 18 N–H and O–H groups in total. The average molecular weight is 2480 g/mol. The second kappa shape index (κ2) is 50.3. The van der Waals surface area contributed by atoms with E-state index in [1.807, 2.05) is 18.1 Å². The number of esters is 3. The first-order valence-electron chi connectivity index (χ1n) is 37.9. The van der Waals surface area contributed by atoms with Crippen LogP contribution in [0, 0.1) is 86.4 Å². The molecule has 0 bridgehead atoms. The molecule has 52 heteroatoms. The van der Waals surface area contributed by atoms with Gasteiger partial charge in [0.1, 0.15) is 46.0 Å². The number of benzene rings is 7. The van der Waals surface area contributed by atoms with E-state index in [-0.39, 0.29) is 108 Å². The lowest BCUT2D eigenvalue weighted by Crippen LogP contribution is -2.11. The molecule has 0 saturated heterocycles. The van der Waals surface area contributed by atoms with Crippen molar-refractivity contribution in [3.8, 4) is 109 Å². The summed E-state index contributed by atoms with van der Waals surface area (Å²) in [6.07, 6.45) is 10.3. The molecule has 7 aromatic carbocycles.